The van der Waals surface area contributed by atoms with E-state index in [1.807, 2.05) is 0 Å². The lowest BCUT2D eigenvalue weighted by Gasteiger charge is -2.27. The predicted molar refractivity (Wildman–Crippen MR) is 219 cm³/mol. The van der Waals surface area contributed by atoms with Crippen LogP contribution < -0.4 is 20.1 Å². The van der Waals surface area contributed by atoms with Crippen molar-refractivity contribution in [2.24, 2.45) is 0 Å². The van der Waals surface area contributed by atoms with Crippen molar-refractivity contribution in [3.63, 3.8) is 0 Å². The molecule has 0 amide bonds. The lowest BCUT2D eigenvalue weighted by molar-refractivity contribution is 0.413. The molecule has 0 aliphatic carbocycles. The number of ether oxygens (including phenoxy) is 2. The Morgan fingerprint density at radius 3 is 0.827 bits per heavy atom. The van der Waals surface area contributed by atoms with Crippen molar-refractivity contribution in [2.75, 3.05) is 37.9 Å². The molecule has 6 rings (SSSR count). The first-order chi connectivity index (χ1) is 25.4. The molecule has 6 aromatic rings. The van der Waals surface area contributed by atoms with Crippen molar-refractivity contribution in [2.45, 2.75) is 51.4 Å². The van der Waals surface area contributed by atoms with Crippen LogP contribution in [0.15, 0.2) is 146 Å². The van der Waals surface area contributed by atoms with Crippen LogP contribution in [0.3, 0.4) is 0 Å². The van der Waals surface area contributed by atoms with Gasteiger partial charge in [-0.1, -0.05) is 149 Å². The van der Waals surface area contributed by atoms with Gasteiger partial charge in [0.15, 0.2) is 0 Å². The van der Waals surface area contributed by atoms with Crippen molar-refractivity contribution < 1.29 is 9.47 Å². The zero-order valence-corrected chi connectivity index (χ0v) is 31.4. The molecule has 4 nitrogen and oxygen atoms in total. The quantitative estimate of drug-likeness (QED) is 0.105. The summed E-state index contributed by atoms with van der Waals surface area (Å²) in [6.07, 6.45) is 0. The van der Waals surface area contributed by atoms with Gasteiger partial charge in [-0.05, 0) is 68.8 Å². The van der Waals surface area contributed by atoms with E-state index in [9.17, 15) is 0 Å². The second kappa shape index (κ2) is 17.2. The van der Waals surface area contributed by atoms with Crippen molar-refractivity contribution in [3.8, 4) is 11.5 Å². The van der Waals surface area contributed by atoms with Crippen LogP contribution in [-0.4, -0.2) is 27.3 Å². The number of hydrogen-bond donors (Lipinski definition) is 2. The number of benzene rings is 6. The van der Waals surface area contributed by atoms with E-state index < -0.39 is 0 Å². The molecule has 0 saturated heterocycles. The Bertz CT molecular complexity index is 1730. The first-order valence-corrected chi connectivity index (χ1v) is 18.5. The molecule has 0 spiro atoms. The summed E-state index contributed by atoms with van der Waals surface area (Å²) in [7, 11) is 3.52. The van der Waals surface area contributed by atoms with Crippen LogP contribution >= 0.6 is 0 Å². The van der Waals surface area contributed by atoms with Gasteiger partial charge in [-0.15, -0.1) is 0 Å². The summed E-state index contributed by atoms with van der Waals surface area (Å²) in [5, 5.41) is 7.89. The summed E-state index contributed by atoms with van der Waals surface area (Å²) in [5.74, 6) is 2.38. The smallest absolute Gasteiger partial charge is 0.119 e. The van der Waals surface area contributed by atoms with E-state index in [0.717, 1.165) is 24.6 Å². The maximum atomic E-state index is 5.92. The monoisotopic (exact) mass is 688 g/mol. The van der Waals surface area contributed by atoms with Crippen molar-refractivity contribution in [1.82, 2.24) is 0 Å². The molecule has 0 aliphatic rings. The summed E-state index contributed by atoms with van der Waals surface area (Å²) in [6.45, 7) is 10.6. The maximum Gasteiger partial charge on any atom is 0.119 e. The molecule has 0 fully saturated rings. The molecule has 6 aromatic carbocycles. The molecule has 2 N–H and O–H groups in total. The summed E-state index contributed by atoms with van der Waals surface area (Å²) in [5.41, 5.74) is 12.3. The van der Waals surface area contributed by atoms with Gasteiger partial charge in [-0.2, -0.15) is 0 Å². The molecule has 0 heterocycles. The molecule has 0 bridgehead atoms. The number of hydrogen-bond acceptors (Lipinski definition) is 4. The van der Waals surface area contributed by atoms with Crippen LogP contribution in [0, 0.1) is 0 Å². The summed E-state index contributed by atoms with van der Waals surface area (Å²) < 4.78 is 11.8. The second-order valence-electron chi connectivity index (χ2n) is 13.7. The van der Waals surface area contributed by atoms with Gasteiger partial charge < -0.3 is 20.1 Å². The van der Waals surface area contributed by atoms with Crippen molar-refractivity contribution in [3.05, 3.63) is 190 Å². The summed E-state index contributed by atoms with van der Waals surface area (Å²) in [4.78, 5) is 0. The van der Waals surface area contributed by atoms with Gasteiger partial charge in [0, 0.05) is 48.1 Å². The fraction of sp³-hybridized carbons (Fsp3) is 0.250. The van der Waals surface area contributed by atoms with Gasteiger partial charge in [0.25, 0.3) is 0 Å². The standard InChI is InChI=1S/C48H52N2O2/c1-33(37-19-11-7-12-20-37)43-29-41(51-5)30-44(34(2)38-21-13-8-14-22-38)47(43)49-27-28-50-48-45(35(3)39-23-15-9-16-24-39)31-42(52-6)32-46(48)36(4)40-25-17-10-18-26-40/h7-26,29-36,49-50H,27-28H2,1-6H3/t33-,34-,35-,36-/m1/s1. The average Bonchev–Trinajstić information content (AvgIpc) is 3.22. The number of anilines is 2. The summed E-state index contributed by atoms with van der Waals surface area (Å²) >= 11 is 0. The molecule has 0 aromatic heterocycles. The molecule has 0 saturated carbocycles. The highest BCUT2D eigenvalue weighted by atomic mass is 16.5. The second-order valence-corrected chi connectivity index (χ2v) is 13.7. The third-order valence-electron chi connectivity index (χ3n) is 10.6. The Morgan fingerprint density at radius 1 is 0.385 bits per heavy atom. The Labute approximate surface area is 310 Å². The topological polar surface area (TPSA) is 42.5 Å². The largest absolute Gasteiger partial charge is 0.497 e. The van der Waals surface area contributed by atoms with E-state index in [1.165, 1.54) is 55.9 Å². The summed E-state index contributed by atoms with van der Waals surface area (Å²) in [6, 6.07) is 51.8. The van der Waals surface area contributed by atoms with Crippen LogP contribution in [0.5, 0.6) is 11.5 Å². The zero-order valence-electron chi connectivity index (χ0n) is 31.4. The van der Waals surface area contributed by atoms with E-state index in [0.29, 0.717) is 0 Å². The molecule has 266 valence electrons. The van der Waals surface area contributed by atoms with Crippen LogP contribution in [0.4, 0.5) is 11.4 Å². The Kier molecular flexibility index (Phi) is 12.0. The Balaban J connectivity index is 1.38. The highest BCUT2D eigenvalue weighted by Crippen LogP contribution is 2.42. The molecule has 0 radical (unpaired) electrons. The Morgan fingerprint density at radius 2 is 0.615 bits per heavy atom. The van der Waals surface area contributed by atoms with Gasteiger partial charge in [-0.25, -0.2) is 0 Å². The van der Waals surface area contributed by atoms with E-state index in [1.54, 1.807) is 14.2 Å². The number of nitrogens with one attached hydrogen (secondary N) is 2. The van der Waals surface area contributed by atoms with Gasteiger partial charge in [-0.3, -0.25) is 0 Å². The highest BCUT2D eigenvalue weighted by molar-refractivity contribution is 5.68. The van der Waals surface area contributed by atoms with Gasteiger partial charge in [0.2, 0.25) is 0 Å². The molecule has 52 heavy (non-hydrogen) atoms. The molecule has 0 aliphatic heterocycles. The van der Waals surface area contributed by atoms with E-state index >= 15 is 0 Å². The average molecular weight is 689 g/mol. The van der Waals surface area contributed by atoms with Crippen LogP contribution in [0.1, 0.15) is 95.9 Å². The minimum Gasteiger partial charge on any atom is -0.497 e. The predicted octanol–water partition coefficient (Wildman–Crippen LogP) is 11.8. The maximum absolute atomic E-state index is 5.92. The van der Waals surface area contributed by atoms with Crippen molar-refractivity contribution in [1.29, 1.82) is 0 Å². The number of methoxy groups -OCH3 is 2. The molecular weight excluding hydrogens is 637 g/mol. The fourth-order valence-corrected chi connectivity index (χ4v) is 7.39. The molecule has 4 atom stereocenters. The molecule has 4 heteroatoms. The first kappa shape index (κ1) is 36.3. The zero-order chi connectivity index (χ0) is 36.5. The normalized spacial score (nSPS) is 13.4. The van der Waals surface area contributed by atoms with Crippen molar-refractivity contribution >= 4 is 11.4 Å². The Hall–Kier alpha value is -5.48. The van der Waals surface area contributed by atoms with Crippen LogP contribution in [0.2, 0.25) is 0 Å². The van der Waals surface area contributed by atoms with E-state index in [-0.39, 0.29) is 23.7 Å². The van der Waals surface area contributed by atoms with E-state index in [4.69, 9.17) is 9.47 Å². The van der Waals surface area contributed by atoms with E-state index in [2.05, 4.69) is 184 Å². The lowest BCUT2D eigenvalue weighted by atomic mass is 9.84. The highest BCUT2D eigenvalue weighted by Gasteiger charge is 2.24. The molecule has 0 unspecified atom stereocenters. The lowest BCUT2D eigenvalue weighted by Crippen LogP contribution is -2.19. The van der Waals surface area contributed by atoms with Gasteiger partial charge in [0.05, 0.1) is 14.2 Å². The van der Waals surface area contributed by atoms with Gasteiger partial charge >= 0.3 is 0 Å². The van der Waals surface area contributed by atoms with Crippen LogP contribution in [0.25, 0.3) is 0 Å². The molecular formula is C48H52N2O2. The van der Waals surface area contributed by atoms with Gasteiger partial charge in [0.1, 0.15) is 11.5 Å². The van der Waals surface area contributed by atoms with Crippen LogP contribution in [-0.2, 0) is 0 Å². The first-order valence-electron chi connectivity index (χ1n) is 18.5. The third-order valence-corrected chi connectivity index (χ3v) is 10.6. The fourth-order valence-electron chi connectivity index (χ4n) is 7.39. The SMILES string of the molecule is COc1cc([C@H](C)c2ccccc2)c(NCCNc2c([C@H](C)c3ccccc3)cc(OC)cc2[C@H](C)c2ccccc2)c([C@H](C)c2ccccc2)c1. The minimum absolute atomic E-state index is 0.159. The third kappa shape index (κ3) is 8.18. The minimum atomic E-state index is 0.159. The number of rotatable bonds is 15.